The number of anilines is 1. The molecule has 1 saturated heterocycles. The minimum Gasteiger partial charge on any atom is -0.493 e. The van der Waals surface area contributed by atoms with Gasteiger partial charge in [0.2, 0.25) is 5.91 Å². The predicted octanol–water partition coefficient (Wildman–Crippen LogP) is 3.63. The number of aromatic nitrogens is 1. The van der Waals surface area contributed by atoms with Crippen LogP contribution in [0.3, 0.4) is 0 Å². The van der Waals surface area contributed by atoms with Gasteiger partial charge in [-0.05, 0) is 42.3 Å². The molecule has 0 aliphatic carbocycles. The van der Waals surface area contributed by atoms with Crippen molar-refractivity contribution in [2.75, 3.05) is 44.8 Å². The van der Waals surface area contributed by atoms with Gasteiger partial charge in [0.25, 0.3) is 0 Å². The number of rotatable bonds is 8. The Balaban J connectivity index is 1.55. The molecule has 29 heavy (non-hydrogen) atoms. The normalized spacial score (nSPS) is 14.3. The van der Waals surface area contributed by atoms with Crippen LogP contribution in [0.25, 0.3) is 6.08 Å². The molecule has 1 aliphatic heterocycles. The maximum atomic E-state index is 12.6. The first kappa shape index (κ1) is 20.7. The molecule has 0 spiro atoms. The summed E-state index contributed by atoms with van der Waals surface area (Å²) in [5.74, 6) is 2.39. The number of ether oxygens (including phenoxy) is 2. The van der Waals surface area contributed by atoms with E-state index < -0.39 is 0 Å². The summed E-state index contributed by atoms with van der Waals surface area (Å²) in [4.78, 5) is 21.0. The third-order valence-electron chi connectivity index (χ3n) is 4.93. The number of benzene rings is 1. The summed E-state index contributed by atoms with van der Waals surface area (Å²) in [6.45, 7) is 5.75. The van der Waals surface area contributed by atoms with Crippen LogP contribution >= 0.6 is 0 Å². The second kappa shape index (κ2) is 10.5. The number of amides is 1. The van der Waals surface area contributed by atoms with Crippen LogP contribution < -0.4 is 14.4 Å². The Kier molecular flexibility index (Phi) is 7.50. The third-order valence-corrected chi connectivity index (χ3v) is 4.93. The van der Waals surface area contributed by atoms with Crippen molar-refractivity contribution in [3.8, 4) is 11.5 Å². The Morgan fingerprint density at radius 1 is 1.14 bits per heavy atom. The molecule has 1 fully saturated rings. The Morgan fingerprint density at radius 3 is 2.66 bits per heavy atom. The summed E-state index contributed by atoms with van der Waals surface area (Å²) in [5.41, 5.74) is 0.908. The number of hydrogen-bond acceptors (Lipinski definition) is 5. The number of nitrogens with zero attached hydrogens (tertiary/aromatic N) is 3. The molecule has 3 rings (SSSR count). The van der Waals surface area contributed by atoms with Crippen LogP contribution in [0.2, 0.25) is 0 Å². The average Bonchev–Trinajstić information content (AvgIpc) is 2.79. The summed E-state index contributed by atoms with van der Waals surface area (Å²) in [6.07, 6.45) is 7.34. The molecule has 0 radical (unpaired) electrons. The van der Waals surface area contributed by atoms with Crippen molar-refractivity contribution in [2.45, 2.75) is 19.8 Å². The lowest BCUT2D eigenvalue weighted by atomic mass is 10.1. The van der Waals surface area contributed by atoms with E-state index >= 15 is 0 Å². The quantitative estimate of drug-likeness (QED) is 0.505. The lowest BCUT2D eigenvalue weighted by Gasteiger charge is -2.34. The first-order valence-electron chi connectivity index (χ1n) is 10.1. The number of pyridine rings is 1. The van der Waals surface area contributed by atoms with E-state index in [1.807, 2.05) is 47.4 Å². The van der Waals surface area contributed by atoms with Gasteiger partial charge in [-0.2, -0.15) is 0 Å². The zero-order valence-corrected chi connectivity index (χ0v) is 17.2. The second-order valence-corrected chi connectivity index (χ2v) is 6.95. The number of methoxy groups -OCH3 is 1. The fourth-order valence-corrected chi connectivity index (χ4v) is 3.20. The van der Waals surface area contributed by atoms with Gasteiger partial charge in [0.1, 0.15) is 5.82 Å². The van der Waals surface area contributed by atoms with Crippen molar-refractivity contribution in [3.05, 3.63) is 54.2 Å². The van der Waals surface area contributed by atoms with Crippen LogP contribution in [0, 0.1) is 0 Å². The highest BCUT2D eigenvalue weighted by atomic mass is 16.5. The van der Waals surface area contributed by atoms with Crippen LogP contribution in [0.15, 0.2) is 48.7 Å². The van der Waals surface area contributed by atoms with E-state index in [0.29, 0.717) is 25.4 Å². The predicted molar refractivity (Wildman–Crippen MR) is 115 cm³/mol. The fourth-order valence-electron chi connectivity index (χ4n) is 3.20. The summed E-state index contributed by atoms with van der Waals surface area (Å²) >= 11 is 0. The number of carbonyl (C=O) groups excluding carboxylic acids is 1. The van der Waals surface area contributed by atoms with E-state index in [0.717, 1.165) is 43.1 Å². The van der Waals surface area contributed by atoms with Gasteiger partial charge in [0.15, 0.2) is 11.5 Å². The summed E-state index contributed by atoms with van der Waals surface area (Å²) in [5, 5.41) is 0. The molecular weight excluding hydrogens is 366 g/mol. The molecule has 0 atom stereocenters. The molecule has 2 aromatic rings. The van der Waals surface area contributed by atoms with Crippen LogP contribution in [-0.4, -0.2) is 55.7 Å². The van der Waals surface area contributed by atoms with Crippen molar-refractivity contribution < 1.29 is 14.3 Å². The highest BCUT2D eigenvalue weighted by Crippen LogP contribution is 2.28. The van der Waals surface area contributed by atoms with Gasteiger partial charge in [-0.25, -0.2) is 4.98 Å². The average molecular weight is 396 g/mol. The Labute approximate surface area is 172 Å². The molecule has 0 saturated carbocycles. The maximum absolute atomic E-state index is 12.6. The van der Waals surface area contributed by atoms with E-state index in [4.69, 9.17) is 9.47 Å². The lowest BCUT2D eigenvalue weighted by Crippen LogP contribution is -2.48. The van der Waals surface area contributed by atoms with Crippen molar-refractivity contribution in [3.63, 3.8) is 0 Å². The third kappa shape index (κ3) is 5.73. The maximum Gasteiger partial charge on any atom is 0.246 e. The zero-order valence-electron chi connectivity index (χ0n) is 17.2. The highest BCUT2D eigenvalue weighted by Gasteiger charge is 2.20. The first-order chi connectivity index (χ1) is 14.2. The van der Waals surface area contributed by atoms with E-state index in [2.05, 4.69) is 16.8 Å². The highest BCUT2D eigenvalue weighted by molar-refractivity contribution is 5.92. The summed E-state index contributed by atoms with van der Waals surface area (Å²) in [7, 11) is 1.63. The first-order valence-corrected chi connectivity index (χ1v) is 10.1. The smallest absolute Gasteiger partial charge is 0.246 e. The summed E-state index contributed by atoms with van der Waals surface area (Å²) in [6, 6.07) is 11.6. The van der Waals surface area contributed by atoms with Gasteiger partial charge in [0.05, 0.1) is 13.7 Å². The van der Waals surface area contributed by atoms with Crippen molar-refractivity contribution in [1.82, 2.24) is 9.88 Å². The standard InChI is InChI=1S/C23H29N3O3/c1-3-4-17-29-20-10-8-19(18-21(20)28-2)9-11-23(27)26-15-13-25(14-16-26)22-7-5-6-12-24-22/h5-12,18H,3-4,13-17H2,1-2H3. The molecule has 2 heterocycles. The number of carbonyl (C=O) groups is 1. The van der Waals surface area contributed by atoms with Crippen molar-refractivity contribution >= 4 is 17.8 Å². The van der Waals surface area contributed by atoms with E-state index in [1.54, 1.807) is 19.4 Å². The molecule has 1 amide bonds. The molecule has 1 aromatic carbocycles. The second-order valence-electron chi connectivity index (χ2n) is 6.95. The molecule has 6 nitrogen and oxygen atoms in total. The van der Waals surface area contributed by atoms with Crippen LogP contribution in [-0.2, 0) is 4.79 Å². The molecule has 6 heteroatoms. The van der Waals surface area contributed by atoms with Gasteiger partial charge >= 0.3 is 0 Å². The Bertz CT molecular complexity index is 815. The van der Waals surface area contributed by atoms with Gasteiger partial charge in [-0.15, -0.1) is 0 Å². The molecule has 0 bridgehead atoms. The minimum absolute atomic E-state index is 0.0212. The molecule has 1 aliphatic rings. The molecule has 154 valence electrons. The molecule has 0 N–H and O–H groups in total. The topological polar surface area (TPSA) is 54.9 Å². The Hall–Kier alpha value is -3.02. The fraction of sp³-hybridized carbons (Fsp3) is 0.391. The van der Waals surface area contributed by atoms with E-state index in [9.17, 15) is 4.79 Å². The minimum atomic E-state index is 0.0212. The van der Waals surface area contributed by atoms with Crippen LogP contribution in [0.4, 0.5) is 5.82 Å². The summed E-state index contributed by atoms with van der Waals surface area (Å²) < 4.78 is 11.2. The van der Waals surface area contributed by atoms with Crippen LogP contribution in [0.1, 0.15) is 25.3 Å². The van der Waals surface area contributed by atoms with Gasteiger partial charge in [0, 0.05) is 38.5 Å². The molecule has 0 unspecified atom stereocenters. The van der Waals surface area contributed by atoms with E-state index in [-0.39, 0.29) is 5.91 Å². The Morgan fingerprint density at radius 2 is 1.97 bits per heavy atom. The number of hydrogen-bond donors (Lipinski definition) is 0. The number of unbranched alkanes of at least 4 members (excludes halogenated alkanes) is 1. The largest absolute Gasteiger partial charge is 0.493 e. The SMILES string of the molecule is CCCCOc1ccc(C=CC(=O)N2CCN(c3ccccn3)CC2)cc1OC. The lowest BCUT2D eigenvalue weighted by molar-refractivity contribution is -0.126. The molecule has 1 aromatic heterocycles. The van der Waals surface area contributed by atoms with Crippen LogP contribution in [0.5, 0.6) is 11.5 Å². The zero-order chi connectivity index (χ0) is 20.5. The molecular formula is C23H29N3O3. The van der Waals surface area contributed by atoms with E-state index in [1.165, 1.54) is 0 Å². The number of piperazine rings is 1. The van der Waals surface area contributed by atoms with Gasteiger partial charge in [-0.3, -0.25) is 4.79 Å². The van der Waals surface area contributed by atoms with Gasteiger partial charge in [-0.1, -0.05) is 25.5 Å². The monoisotopic (exact) mass is 395 g/mol. The van der Waals surface area contributed by atoms with Gasteiger partial charge < -0.3 is 19.3 Å². The van der Waals surface area contributed by atoms with Crippen molar-refractivity contribution in [1.29, 1.82) is 0 Å². The van der Waals surface area contributed by atoms with Crippen molar-refractivity contribution in [2.24, 2.45) is 0 Å².